The van der Waals surface area contributed by atoms with Crippen molar-refractivity contribution in [3.05, 3.63) is 58.6 Å². The van der Waals surface area contributed by atoms with E-state index in [4.69, 9.17) is 17.3 Å². The van der Waals surface area contributed by atoms with E-state index in [2.05, 4.69) is 15.3 Å². The van der Waals surface area contributed by atoms with Crippen LogP contribution in [0.25, 0.3) is 0 Å². The molecule has 0 saturated heterocycles. The Morgan fingerprint density at radius 1 is 1.34 bits per heavy atom. The zero-order valence-corrected chi connectivity index (χ0v) is 16.0. The number of alkyl halides is 3. The van der Waals surface area contributed by atoms with E-state index in [1.807, 2.05) is 0 Å². The highest BCUT2D eigenvalue weighted by Crippen LogP contribution is 2.44. The summed E-state index contributed by atoms with van der Waals surface area (Å²) >= 11 is 5.62. The first-order chi connectivity index (χ1) is 13.5. The third-order valence-electron chi connectivity index (χ3n) is 4.72. The van der Waals surface area contributed by atoms with Crippen molar-refractivity contribution in [1.82, 2.24) is 4.98 Å². The zero-order valence-electron chi connectivity index (χ0n) is 15.2. The summed E-state index contributed by atoms with van der Waals surface area (Å²) in [5.41, 5.74) is 4.71. The summed E-state index contributed by atoms with van der Waals surface area (Å²) in [6, 6.07) is 7.13. The number of nitrogens with two attached hydrogens (primary N) is 1. The molecule has 0 radical (unpaired) electrons. The topological polar surface area (TPSA) is 80.4 Å². The number of pyridine rings is 1. The summed E-state index contributed by atoms with van der Waals surface area (Å²) in [6.45, 7) is 1.55. The lowest BCUT2D eigenvalue weighted by Gasteiger charge is -2.36. The third kappa shape index (κ3) is 4.67. The molecule has 0 fully saturated rings. The van der Waals surface area contributed by atoms with Gasteiger partial charge in [0.15, 0.2) is 11.5 Å². The highest BCUT2D eigenvalue weighted by Gasteiger charge is 2.47. The molecule has 29 heavy (non-hydrogen) atoms. The second kappa shape index (κ2) is 7.62. The standard InChI is InChI=1S/C19H17ClF4N4O/c1-18(8-11(19(22,23)24)6-15(25)28-18)10-3-2-4-13(5-10)27-17(29)16-14(21)7-12(20)9-26-16/h2-5,7,9,11H,6,8H2,1H3,(H2,25,28)(H,27,29)/t11-,18+/m1/s1. The molecule has 5 nitrogen and oxygen atoms in total. The van der Waals surface area contributed by atoms with Crippen LogP contribution in [0.2, 0.25) is 5.02 Å². The van der Waals surface area contributed by atoms with E-state index in [0.29, 0.717) is 5.56 Å². The van der Waals surface area contributed by atoms with E-state index in [-0.39, 0.29) is 29.4 Å². The fourth-order valence-corrected chi connectivity index (χ4v) is 3.48. The van der Waals surface area contributed by atoms with Gasteiger partial charge in [-0.1, -0.05) is 23.7 Å². The maximum Gasteiger partial charge on any atom is 0.392 e. The van der Waals surface area contributed by atoms with Gasteiger partial charge in [-0.15, -0.1) is 0 Å². The molecule has 1 amide bonds. The van der Waals surface area contributed by atoms with Gasteiger partial charge in [0.05, 0.1) is 22.3 Å². The Morgan fingerprint density at radius 2 is 2.07 bits per heavy atom. The molecule has 1 aliphatic rings. The number of carbonyl (C=O) groups excluding carboxylic acids is 1. The molecule has 1 aromatic carbocycles. The molecule has 1 aliphatic heterocycles. The normalized spacial score (nSPS) is 22.1. The van der Waals surface area contributed by atoms with Crippen LogP contribution in [0.1, 0.15) is 35.8 Å². The van der Waals surface area contributed by atoms with Crippen LogP contribution in [0.5, 0.6) is 0 Å². The number of nitrogens with one attached hydrogen (secondary N) is 1. The Kier molecular flexibility index (Phi) is 5.53. The van der Waals surface area contributed by atoms with Crippen LogP contribution in [0.3, 0.4) is 0 Å². The molecular formula is C19H17ClF4N4O. The Bertz CT molecular complexity index is 979. The van der Waals surface area contributed by atoms with Gasteiger partial charge < -0.3 is 11.1 Å². The average Bonchev–Trinajstić information content (AvgIpc) is 2.60. The summed E-state index contributed by atoms with van der Waals surface area (Å²) in [6.07, 6.45) is -3.89. The van der Waals surface area contributed by atoms with E-state index in [1.165, 1.54) is 12.1 Å². The van der Waals surface area contributed by atoms with Gasteiger partial charge in [-0.25, -0.2) is 9.37 Å². The molecule has 0 unspecified atom stereocenters. The maximum absolute atomic E-state index is 13.9. The highest BCUT2D eigenvalue weighted by atomic mass is 35.5. The summed E-state index contributed by atoms with van der Waals surface area (Å²) in [5.74, 6) is -3.41. The number of amides is 1. The molecule has 1 aromatic heterocycles. The number of hydrogen-bond donors (Lipinski definition) is 2. The lowest BCUT2D eigenvalue weighted by atomic mass is 9.79. The monoisotopic (exact) mass is 428 g/mol. The molecule has 3 rings (SSSR count). The van der Waals surface area contributed by atoms with Gasteiger partial charge in [0, 0.05) is 18.3 Å². The number of anilines is 1. The van der Waals surface area contributed by atoms with Gasteiger partial charge in [0.25, 0.3) is 5.91 Å². The number of hydrogen-bond acceptors (Lipinski definition) is 4. The number of aliphatic imine (C=N–C) groups is 1. The van der Waals surface area contributed by atoms with E-state index in [9.17, 15) is 22.4 Å². The molecule has 2 heterocycles. The van der Waals surface area contributed by atoms with Crippen molar-refractivity contribution in [3.8, 4) is 0 Å². The van der Waals surface area contributed by atoms with Gasteiger partial charge in [-0.05, 0) is 37.1 Å². The second-order valence-electron chi connectivity index (χ2n) is 7.04. The lowest BCUT2D eigenvalue weighted by molar-refractivity contribution is -0.179. The minimum Gasteiger partial charge on any atom is -0.387 e. The van der Waals surface area contributed by atoms with Crippen molar-refractivity contribution in [3.63, 3.8) is 0 Å². The molecule has 0 saturated carbocycles. The maximum atomic E-state index is 13.9. The van der Waals surface area contributed by atoms with Crippen molar-refractivity contribution in [2.75, 3.05) is 5.32 Å². The van der Waals surface area contributed by atoms with E-state index >= 15 is 0 Å². The Labute approximate surface area is 169 Å². The van der Waals surface area contributed by atoms with E-state index < -0.39 is 35.1 Å². The number of carbonyl (C=O) groups is 1. The van der Waals surface area contributed by atoms with Gasteiger partial charge in [0.2, 0.25) is 0 Å². The number of nitrogens with zero attached hydrogens (tertiary/aromatic N) is 2. The molecule has 3 N–H and O–H groups in total. The zero-order chi connectivity index (χ0) is 21.4. The smallest absolute Gasteiger partial charge is 0.387 e. The number of amidine groups is 1. The van der Waals surface area contributed by atoms with E-state index in [0.717, 1.165) is 12.3 Å². The SMILES string of the molecule is C[C@@]1(c2cccc(NC(=O)c3ncc(Cl)cc3F)c2)C[C@H](C(F)(F)F)CC(N)=N1. The third-order valence-corrected chi connectivity index (χ3v) is 4.92. The summed E-state index contributed by atoms with van der Waals surface area (Å²) in [7, 11) is 0. The van der Waals surface area contributed by atoms with Crippen molar-refractivity contribution in [1.29, 1.82) is 0 Å². The van der Waals surface area contributed by atoms with Crippen molar-refractivity contribution in [2.24, 2.45) is 16.6 Å². The number of rotatable bonds is 3. The van der Waals surface area contributed by atoms with Crippen LogP contribution in [-0.4, -0.2) is 22.9 Å². The van der Waals surface area contributed by atoms with Crippen molar-refractivity contribution >= 4 is 29.0 Å². The average molecular weight is 429 g/mol. The molecular weight excluding hydrogens is 412 g/mol. The molecule has 0 bridgehead atoms. The van der Waals surface area contributed by atoms with Crippen molar-refractivity contribution in [2.45, 2.75) is 31.5 Å². The molecule has 0 aliphatic carbocycles. The number of halogens is 5. The van der Waals surface area contributed by atoms with Gasteiger partial charge in [0.1, 0.15) is 0 Å². The predicted molar refractivity (Wildman–Crippen MR) is 101 cm³/mol. The lowest BCUT2D eigenvalue weighted by Crippen LogP contribution is -2.40. The van der Waals surface area contributed by atoms with Gasteiger partial charge in [-0.2, -0.15) is 13.2 Å². The van der Waals surface area contributed by atoms with E-state index in [1.54, 1.807) is 19.1 Å². The Balaban J connectivity index is 1.87. The predicted octanol–water partition coefficient (Wildman–Crippen LogP) is 4.67. The highest BCUT2D eigenvalue weighted by molar-refractivity contribution is 6.30. The number of benzene rings is 1. The summed E-state index contributed by atoms with van der Waals surface area (Å²) < 4.78 is 53.7. The first kappa shape index (κ1) is 21.0. The largest absolute Gasteiger partial charge is 0.392 e. The molecule has 2 aromatic rings. The quantitative estimate of drug-likeness (QED) is 0.697. The minimum atomic E-state index is -4.40. The summed E-state index contributed by atoms with van der Waals surface area (Å²) in [4.78, 5) is 20.2. The van der Waals surface area contributed by atoms with Crippen LogP contribution in [0.4, 0.5) is 23.2 Å². The first-order valence-corrected chi connectivity index (χ1v) is 8.99. The second-order valence-corrected chi connectivity index (χ2v) is 7.48. The molecule has 154 valence electrons. The minimum absolute atomic E-state index is 0.0425. The van der Waals surface area contributed by atoms with Crippen LogP contribution in [0.15, 0.2) is 41.5 Å². The molecule has 0 spiro atoms. The van der Waals surface area contributed by atoms with Gasteiger partial charge >= 0.3 is 6.18 Å². The molecule has 2 atom stereocenters. The summed E-state index contributed by atoms with van der Waals surface area (Å²) in [5, 5.41) is 2.52. The van der Waals surface area contributed by atoms with Gasteiger partial charge in [-0.3, -0.25) is 9.79 Å². The Hall–Kier alpha value is -2.68. The van der Waals surface area contributed by atoms with Crippen molar-refractivity contribution < 1.29 is 22.4 Å². The van der Waals surface area contributed by atoms with Crippen LogP contribution >= 0.6 is 11.6 Å². The van der Waals surface area contributed by atoms with Crippen LogP contribution in [-0.2, 0) is 5.54 Å². The fraction of sp³-hybridized carbons (Fsp3) is 0.316. The molecule has 10 heteroatoms. The Morgan fingerprint density at radius 3 is 2.72 bits per heavy atom. The van der Waals surface area contributed by atoms with Crippen LogP contribution < -0.4 is 11.1 Å². The fourth-order valence-electron chi connectivity index (χ4n) is 3.33. The van der Waals surface area contributed by atoms with Crippen LogP contribution in [0, 0.1) is 11.7 Å². The number of aromatic nitrogens is 1. The first-order valence-electron chi connectivity index (χ1n) is 8.62.